The van der Waals surface area contributed by atoms with E-state index >= 15 is 0 Å². The Morgan fingerprint density at radius 3 is 2.50 bits per heavy atom. The fourth-order valence-electron chi connectivity index (χ4n) is 4.10. The van der Waals surface area contributed by atoms with Gasteiger partial charge in [-0.25, -0.2) is 4.98 Å². The molecule has 1 saturated carbocycles. The summed E-state index contributed by atoms with van der Waals surface area (Å²) in [6.45, 7) is 2.23. The van der Waals surface area contributed by atoms with E-state index in [1.807, 2.05) is 0 Å². The first kappa shape index (κ1) is 15.3. The molecule has 3 nitrogen and oxygen atoms in total. The quantitative estimate of drug-likeness (QED) is 0.915. The molecule has 1 fully saturated rings. The Morgan fingerprint density at radius 1 is 1.09 bits per heavy atom. The molecule has 22 heavy (non-hydrogen) atoms. The van der Waals surface area contributed by atoms with Crippen LogP contribution in [0.1, 0.15) is 80.7 Å². The van der Waals surface area contributed by atoms with Gasteiger partial charge in [-0.3, -0.25) is 5.32 Å². The van der Waals surface area contributed by atoms with Crippen molar-refractivity contribution in [2.24, 2.45) is 0 Å². The van der Waals surface area contributed by atoms with Gasteiger partial charge in [-0.05, 0) is 68.9 Å². The van der Waals surface area contributed by atoms with Gasteiger partial charge < -0.3 is 0 Å². The zero-order valence-electron chi connectivity index (χ0n) is 13.8. The summed E-state index contributed by atoms with van der Waals surface area (Å²) in [5, 5.41) is 13.4. The van der Waals surface area contributed by atoms with E-state index in [-0.39, 0.29) is 0 Å². The van der Waals surface area contributed by atoms with Crippen LogP contribution in [0.3, 0.4) is 0 Å². The number of hydrogen-bond acceptors (Lipinski definition) is 2. The molecule has 0 saturated heterocycles. The maximum Gasteiger partial charge on any atom is 0.291 e. The molecule has 3 rings (SSSR count). The van der Waals surface area contributed by atoms with Crippen molar-refractivity contribution in [2.75, 3.05) is 5.32 Å². The third-order valence-corrected chi connectivity index (χ3v) is 5.23. The summed E-state index contributed by atoms with van der Waals surface area (Å²) in [4.78, 5) is 3.61. The molecular formula is C19H28N3+. The summed E-state index contributed by atoms with van der Waals surface area (Å²) < 4.78 is 0. The summed E-state index contributed by atoms with van der Waals surface area (Å²) in [6.07, 6.45) is 13.4. The van der Waals surface area contributed by atoms with Crippen LogP contribution in [0.2, 0.25) is 0 Å². The smallest absolute Gasteiger partial charge is 0.271 e. The van der Waals surface area contributed by atoms with Crippen molar-refractivity contribution in [2.45, 2.75) is 83.6 Å². The highest BCUT2D eigenvalue weighted by Gasteiger charge is 2.27. The van der Waals surface area contributed by atoms with E-state index in [9.17, 15) is 5.26 Å². The number of fused-ring (bicyclic) bond motifs is 1. The van der Waals surface area contributed by atoms with Crippen molar-refractivity contribution in [3.8, 4) is 6.07 Å². The van der Waals surface area contributed by atoms with E-state index in [0.717, 1.165) is 37.1 Å². The fraction of sp³-hybridized carbons (Fsp3) is 0.684. The summed E-state index contributed by atoms with van der Waals surface area (Å²) in [6, 6.07) is 3.02. The Balaban J connectivity index is 1.96. The van der Waals surface area contributed by atoms with E-state index in [2.05, 4.69) is 23.3 Å². The van der Waals surface area contributed by atoms with E-state index in [1.54, 1.807) is 0 Å². The highest BCUT2D eigenvalue weighted by molar-refractivity contribution is 5.56. The minimum absolute atomic E-state index is 0.535. The van der Waals surface area contributed by atoms with Gasteiger partial charge in [0.1, 0.15) is 17.3 Å². The minimum Gasteiger partial charge on any atom is -0.271 e. The van der Waals surface area contributed by atoms with Gasteiger partial charge in [0, 0.05) is 6.42 Å². The van der Waals surface area contributed by atoms with Gasteiger partial charge in [0.05, 0.1) is 6.04 Å². The van der Waals surface area contributed by atoms with Crippen molar-refractivity contribution >= 4 is 5.82 Å². The standard InChI is InChI=1S/C19H27N3/c1-2-8-18-16-12-7-6-11-15(16)17(13-20)19(22-18)21-14-9-4-3-5-10-14/h14H,2-12H2,1H3,(H,21,22)/p+1. The highest BCUT2D eigenvalue weighted by Crippen LogP contribution is 2.30. The van der Waals surface area contributed by atoms with Crippen molar-refractivity contribution in [1.82, 2.24) is 0 Å². The molecule has 2 N–H and O–H groups in total. The summed E-state index contributed by atoms with van der Waals surface area (Å²) in [5.74, 6) is 0.999. The van der Waals surface area contributed by atoms with Crippen molar-refractivity contribution in [3.63, 3.8) is 0 Å². The monoisotopic (exact) mass is 298 g/mol. The number of rotatable bonds is 4. The highest BCUT2D eigenvalue weighted by atomic mass is 15.0. The number of aromatic nitrogens is 1. The molecule has 3 heteroatoms. The van der Waals surface area contributed by atoms with Crippen molar-refractivity contribution in [1.29, 1.82) is 5.26 Å². The second-order valence-corrected chi connectivity index (χ2v) is 6.86. The maximum absolute atomic E-state index is 9.71. The fourth-order valence-corrected chi connectivity index (χ4v) is 4.10. The van der Waals surface area contributed by atoms with E-state index < -0.39 is 0 Å². The van der Waals surface area contributed by atoms with E-state index in [1.165, 1.54) is 61.8 Å². The average Bonchev–Trinajstić information content (AvgIpc) is 2.56. The Labute approximate surface area is 134 Å². The Bertz CT molecular complexity index is 565. The predicted molar refractivity (Wildman–Crippen MR) is 88.8 cm³/mol. The Kier molecular flexibility index (Phi) is 4.97. The van der Waals surface area contributed by atoms with Crippen LogP contribution in [0.25, 0.3) is 0 Å². The third-order valence-electron chi connectivity index (χ3n) is 5.23. The van der Waals surface area contributed by atoms with Gasteiger partial charge in [0.25, 0.3) is 5.82 Å². The largest absolute Gasteiger partial charge is 0.291 e. The van der Waals surface area contributed by atoms with Crippen LogP contribution in [-0.4, -0.2) is 6.04 Å². The average molecular weight is 298 g/mol. The van der Waals surface area contributed by atoms with Crippen LogP contribution in [0, 0.1) is 11.3 Å². The molecule has 1 aromatic heterocycles. The molecule has 0 aliphatic heterocycles. The first-order valence-corrected chi connectivity index (χ1v) is 9.10. The summed E-state index contributed by atoms with van der Waals surface area (Å²) in [5.41, 5.74) is 5.03. The molecule has 0 spiro atoms. The lowest BCUT2D eigenvalue weighted by Gasteiger charge is -2.23. The molecular weight excluding hydrogens is 270 g/mol. The number of nitrogens with zero attached hydrogens (tertiary/aromatic N) is 1. The van der Waals surface area contributed by atoms with E-state index in [4.69, 9.17) is 0 Å². The van der Waals surface area contributed by atoms with Gasteiger partial charge in [-0.1, -0.05) is 13.3 Å². The topological polar surface area (TPSA) is 50.0 Å². The van der Waals surface area contributed by atoms with Gasteiger partial charge in [-0.2, -0.15) is 5.26 Å². The first-order chi connectivity index (χ1) is 10.8. The second-order valence-electron chi connectivity index (χ2n) is 6.86. The van der Waals surface area contributed by atoms with Crippen LogP contribution < -0.4 is 10.3 Å². The summed E-state index contributed by atoms with van der Waals surface area (Å²) >= 11 is 0. The zero-order valence-corrected chi connectivity index (χ0v) is 13.8. The molecule has 0 bridgehead atoms. The van der Waals surface area contributed by atoms with Crippen LogP contribution in [0.15, 0.2) is 0 Å². The molecule has 2 aliphatic carbocycles. The molecule has 1 heterocycles. The zero-order chi connectivity index (χ0) is 15.4. The molecule has 0 aromatic carbocycles. The first-order valence-electron chi connectivity index (χ1n) is 9.10. The molecule has 118 valence electrons. The van der Waals surface area contributed by atoms with Crippen LogP contribution >= 0.6 is 0 Å². The lowest BCUT2D eigenvalue weighted by Crippen LogP contribution is -2.31. The van der Waals surface area contributed by atoms with E-state index in [0.29, 0.717) is 6.04 Å². The number of nitrogens with one attached hydrogen (secondary N) is 2. The number of aromatic amines is 1. The number of aryl methyl sites for hydroxylation is 1. The lowest BCUT2D eigenvalue weighted by molar-refractivity contribution is -0.375. The molecule has 0 amide bonds. The Morgan fingerprint density at radius 2 is 1.82 bits per heavy atom. The molecule has 2 aliphatic rings. The van der Waals surface area contributed by atoms with Crippen LogP contribution in [0.5, 0.6) is 0 Å². The van der Waals surface area contributed by atoms with Gasteiger partial charge >= 0.3 is 0 Å². The van der Waals surface area contributed by atoms with Crippen molar-refractivity contribution < 1.29 is 4.98 Å². The predicted octanol–water partition coefficient (Wildman–Crippen LogP) is 3.95. The number of pyridine rings is 1. The van der Waals surface area contributed by atoms with Crippen LogP contribution in [0.4, 0.5) is 5.82 Å². The Hall–Kier alpha value is -1.56. The number of anilines is 1. The minimum atomic E-state index is 0.535. The molecule has 0 radical (unpaired) electrons. The molecule has 0 atom stereocenters. The molecule has 1 aromatic rings. The SMILES string of the molecule is CCCc1[nH+]c(NC2CCCCC2)c(C#N)c2c1CCCC2. The van der Waals surface area contributed by atoms with Gasteiger partial charge in [-0.15, -0.1) is 0 Å². The second kappa shape index (κ2) is 7.13. The van der Waals surface area contributed by atoms with Crippen LogP contribution in [-0.2, 0) is 19.3 Å². The number of H-pyrrole nitrogens is 1. The summed E-state index contributed by atoms with van der Waals surface area (Å²) in [7, 11) is 0. The molecule has 0 unspecified atom stereocenters. The maximum atomic E-state index is 9.71. The van der Waals surface area contributed by atoms with Crippen molar-refractivity contribution in [3.05, 3.63) is 22.4 Å². The normalized spacial score (nSPS) is 18.5. The number of hydrogen-bond donors (Lipinski definition) is 1. The van der Waals surface area contributed by atoms with Gasteiger partial charge in [0.2, 0.25) is 0 Å². The lowest BCUT2D eigenvalue weighted by atomic mass is 9.86. The third kappa shape index (κ3) is 3.11. The number of nitriles is 1. The van der Waals surface area contributed by atoms with Gasteiger partial charge in [0.15, 0.2) is 0 Å².